The van der Waals surface area contributed by atoms with Crippen LogP contribution >= 0.6 is 10.7 Å². The molecular weight excluding hydrogens is 286 g/mol. The molecule has 1 unspecified atom stereocenters. The Morgan fingerprint density at radius 1 is 1.47 bits per heavy atom. The molecule has 1 aromatic rings. The Morgan fingerprint density at radius 2 is 2.16 bits per heavy atom. The average Bonchev–Trinajstić information content (AvgIpc) is 2.35. The number of likely N-dealkylation sites (N-methyl/N-ethyl adjacent to an activating group) is 1. The molecule has 4 nitrogen and oxygen atoms in total. The number of benzene rings is 1. The van der Waals surface area contributed by atoms with Crippen LogP contribution in [0.5, 0.6) is 5.75 Å². The van der Waals surface area contributed by atoms with Gasteiger partial charge in [-0.2, -0.15) is 0 Å². The third-order valence-corrected chi connectivity index (χ3v) is 4.71. The molecule has 1 aliphatic rings. The van der Waals surface area contributed by atoms with Gasteiger partial charge in [0, 0.05) is 17.2 Å². The molecular formula is C13H18ClNO3S. The molecule has 1 heterocycles. The molecule has 1 aliphatic heterocycles. The topological polar surface area (TPSA) is 46.6 Å². The first-order chi connectivity index (χ1) is 8.82. The summed E-state index contributed by atoms with van der Waals surface area (Å²) in [6.45, 7) is 7.81. The minimum Gasteiger partial charge on any atom is -0.486 e. The van der Waals surface area contributed by atoms with Gasteiger partial charge in [-0.05, 0) is 31.0 Å². The number of anilines is 1. The quantitative estimate of drug-likeness (QED) is 0.806. The summed E-state index contributed by atoms with van der Waals surface area (Å²) in [6, 6.07) is 4.75. The second kappa shape index (κ2) is 5.21. The standard InChI is InChI=1S/C13H18ClNO3S/c1-4-15-8-13(9(2)3)18-12-6-5-10(7-11(12)15)19(14,16)17/h5-7,9,13H,4,8H2,1-3H3. The molecule has 0 aromatic heterocycles. The Kier molecular flexibility index (Phi) is 3.97. The summed E-state index contributed by atoms with van der Waals surface area (Å²) in [7, 11) is 1.68. The predicted octanol–water partition coefficient (Wildman–Crippen LogP) is 2.86. The van der Waals surface area contributed by atoms with Gasteiger partial charge in [-0.15, -0.1) is 0 Å². The molecule has 0 saturated carbocycles. The first-order valence-electron chi connectivity index (χ1n) is 6.33. The van der Waals surface area contributed by atoms with Gasteiger partial charge in [0.15, 0.2) is 0 Å². The second-order valence-electron chi connectivity index (χ2n) is 5.01. The highest BCUT2D eigenvalue weighted by Gasteiger charge is 2.28. The Balaban J connectivity index is 2.44. The third-order valence-electron chi connectivity index (χ3n) is 3.36. The van der Waals surface area contributed by atoms with E-state index in [4.69, 9.17) is 15.4 Å². The molecule has 0 aliphatic carbocycles. The maximum Gasteiger partial charge on any atom is 0.261 e. The summed E-state index contributed by atoms with van der Waals surface area (Å²) in [5, 5.41) is 0. The Hall–Kier alpha value is -0.940. The molecule has 6 heteroatoms. The zero-order valence-electron chi connectivity index (χ0n) is 11.3. The molecule has 2 rings (SSSR count). The van der Waals surface area contributed by atoms with Crippen molar-refractivity contribution in [3.05, 3.63) is 18.2 Å². The van der Waals surface area contributed by atoms with Crippen molar-refractivity contribution < 1.29 is 13.2 Å². The van der Waals surface area contributed by atoms with E-state index in [2.05, 4.69) is 18.7 Å². The molecule has 0 amide bonds. The summed E-state index contributed by atoms with van der Waals surface area (Å²) in [4.78, 5) is 2.23. The van der Waals surface area contributed by atoms with Gasteiger partial charge in [-0.1, -0.05) is 13.8 Å². The summed E-state index contributed by atoms with van der Waals surface area (Å²) < 4.78 is 28.7. The van der Waals surface area contributed by atoms with E-state index in [1.54, 1.807) is 12.1 Å². The van der Waals surface area contributed by atoms with Crippen LogP contribution in [0.15, 0.2) is 23.1 Å². The molecule has 0 N–H and O–H groups in total. The smallest absolute Gasteiger partial charge is 0.261 e. The molecule has 19 heavy (non-hydrogen) atoms. The van der Waals surface area contributed by atoms with Crippen LogP contribution in [0.1, 0.15) is 20.8 Å². The van der Waals surface area contributed by atoms with E-state index < -0.39 is 9.05 Å². The largest absolute Gasteiger partial charge is 0.486 e. The third kappa shape index (κ3) is 2.98. The number of ether oxygens (including phenoxy) is 1. The van der Waals surface area contributed by atoms with Gasteiger partial charge in [0.2, 0.25) is 0 Å². The lowest BCUT2D eigenvalue weighted by Gasteiger charge is -2.37. The van der Waals surface area contributed by atoms with E-state index in [-0.39, 0.29) is 11.0 Å². The molecule has 0 radical (unpaired) electrons. The Labute approximate surface area is 118 Å². The fraction of sp³-hybridized carbons (Fsp3) is 0.538. The SMILES string of the molecule is CCN1CC(C(C)C)Oc2ccc(S(=O)(=O)Cl)cc21. The minimum absolute atomic E-state index is 0.109. The van der Waals surface area contributed by atoms with Crippen LogP contribution in [0.25, 0.3) is 0 Å². The number of hydrogen-bond acceptors (Lipinski definition) is 4. The van der Waals surface area contributed by atoms with E-state index >= 15 is 0 Å². The van der Waals surface area contributed by atoms with Gasteiger partial charge in [-0.3, -0.25) is 0 Å². The van der Waals surface area contributed by atoms with Crippen LogP contribution in [0, 0.1) is 5.92 Å². The Morgan fingerprint density at radius 3 is 2.68 bits per heavy atom. The summed E-state index contributed by atoms with van der Waals surface area (Å²) in [6.07, 6.45) is 0.117. The van der Waals surface area contributed by atoms with E-state index in [9.17, 15) is 8.42 Å². The normalized spacial score (nSPS) is 19.2. The lowest BCUT2D eigenvalue weighted by atomic mass is 10.0. The molecule has 106 valence electrons. The maximum absolute atomic E-state index is 11.4. The van der Waals surface area contributed by atoms with Crippen LogP contribution in [0.4, 0.5) is 5.69 Å². The zero-order chi connectivity index (χ0) is 14.2. The molecule has 0 saturated heterocycles. The van der Waals surface area contributed by atoms with E-state index in [0.717, 1.165) is 24.5 Å². The summed E-state index contributed by atoms with van der Waals surface area (Å²) in [5.74, 6) is 1.12. The van der Waals surface area contributed by atoms with Crippen molar-refractivity contribution in [2.24, 2.45) is 5.92 Å². The van der Waals surface area contributed by atoms with Gasteiger partial charge < -0.3 is 9.64 Å². The van der Waals surface area contributed by atoms with Gasteiger partial charge >= 0.3 is 0 Å². The van der Waals surface area contributed by atoms with Crippen LogP contribution in [0.3, 0.4) is 0 Å². The molecule has 1 aromatic carbocycles. The molecule has 0 spiro atoms. The van der Waals surface area contributed by atoms with E-state index in [1.807, 2.05) is 6.92 Å². The van der Waals surface area contributed by atoms with Gasteiger partial charge in [0.05, 0.1) is 17.1 Å². The first-order valence-corrected chi connectivity index (χ1v) is 8.64. The van der Waals surface area contributed by atoms with Crippen molar-refractivity contribution in [1.29, 1.82) is 0 Å². The zero-order valence-corrected chi connectivity index (χ0v) is 12.8. The highest BCUT2D eigenvalue weighted by Crippen LogP contribution is 2.37. The Bertz CT molecular complexity index is 571. The minimum atomic E-state index is -3.71. The number of fused-ring (bicyclic) bond motifs is 1. The van der Waals surface area contributed by atoms with Crippen LogP contribution in [0.2, 0.25) is 0 Å². The van der Waals surface area contributed by atoms with E-state index in [0.29, 0.717) is 5.92 Å². The van der Waals surface area contributed by atoms with Crippen LogP contribution < -0.4 is 9.64 Å². The molecule has 0 fully saturated rings. The van der Waals surface area contributed by atoms with Crippen molar-refractivity contribution in [2.75, 3.05) is 18.0 Å². The number of nitrogens with zero attached hydrogens (tertiary/aromatic N) is 1. The fourth-order valence-corrected chi connectivity index (χ4v) is 2.93. The highest BCUT2D eigenvalue weighted by molar-refractivity contribution is 8.13. The average molecular weight is 304 g/mol. The van der Waals surface area contributed by atoms with Crippen molar-refractivity contribution in [2.45, 2.75) is 31.8 Å². The highest BCUT2D eigenvalue weighted by atomic mass is 35.7. The van der Waals surface area contributed by atoms with Gasteiger partial charge in [-0.25, -0.2) is 8.42 Å². The summed E-state index contributed by atoms with van der Waals surface area (Å²) >= 11 is 0. The predicted molar refractivity (Wildman–Crippen MR) is 76.6 cm³/mol. The van der Waals surface area contributed by atoms with Crippen molar-refractivity contribution >= 4 is 25.4 Å². The van der Waals surface area contributed by atoms with Crippen molar-refractivity contribution in [3.63, 3.8) is 0 Å². The maximum atomic E-state index is 11.4. The summed E-state index contributed by atoms with van der Waals surface area (Å²) in [5.41, 5.74) is 0.793. The van der Waals surface area contributed by atoms with Gasteiger partial charge in [0.1, 0.15) is 11.9 Å². The van der Waals surface area contributed by atoms with Crippen LogP contribution in [-0.2, 0) is 9.05 Å². The number of halogens is 1. The fourth-order valence-electron chi connectivity index (χ4n) is 2.16. The lowest BCUT2D eigenvalue weighted by Crippen LogP contribution is -2.42. The number of rotatable bonds is 3. The van der Waals surface area contributed by atoms with Crippen molar-refractivity contribution in [1.82, 2.24) is 0 Å². The van der Waals surface area contributed by atoms with Gasteiger partial charge in [0.25, 0.3) is 9.05 Å². The van der Waals surface area contributed by atoms with E-state index in [1.165, 1.54) is 6.07 Å². The monoisotopic (exact) mass is 303 g/mol. The van der Waals surface area contributed by atoms with Crippen molar-refractivity contribution in [3.8, 4) is 5.75 Å². The molecule has 1 atom stereocenters. The lowest BCUT2D eigenvalue weighted by molar-refractivity contribution is 0.146. The number of hydrogen-bond donors (Lipinski definition) is 0. The molecule has 0 bridgehead atoms. The first kappa shape index (κ1) is 14.5. The second-order valence-corrected chi connectivity index (χ2v) is 7.57. The van der Waals surface area contributed by atoms with Crippen LogP contribution in [-0.4, -0.2) is 27.6 Å².